The smallest absolute Gasteiger partial charge is 0.0761 e. The Balaban J connectivity index is 2.11. The van der Waals surface area contributed by atoms with E-state index in [4.69, 9.17) is 5.11 Å². The topological polar surface area (TPSA) is 43.7 Å². The van der Waals surface area contributed by atoms with Crippen molar-refractivity contribution in [2.75, 3.05) is 18.1 Å². The summed E-state index contributed by atoms with van der Waals surface area (Å²) in [4.78, 5) is 2.24. The molecule has 1 atom stereocenters. The molecular weight excluding hydrogens is 202 g/mol. The summed E-state index contributed by atoms with van der Waals surface area (Å²) in [5.74, 6) is 0. The first-order valence-corrected chi connectivity index (χ1v) is 5.88. The molecule has 1 aliphatic carbocycles. The largest absolute Gasteiger partial charge is 0.395 e. The van der Waals surface area contributed by atoms with Crippen LogP contribution in [0.25, 0.3) is 0 Å². The lowest BCUT2D eigenvalue weighted by atomic mass is 10.1. The van der Waals surface area contributed by atoms with E-state index in [9.17, 15) is 5.11 Å². The standard InChI is InChI=1S/C13H19NO2/c1-10(16)11-2-4-12(5-3-11)14(8-9-15)13-6-7-13/h2-5,10,13,15-16H,6-9H2,1H3/t10-/m1/s1. The minimum atomic E-state index is -0.415. The molecule has 0 saturated heterocycles. The molecule has 1 fully saturated rings. The van der Waals surface area contributed by atoms with Crippen LogP contribution >= 0.6 is 0 Å². The first kappa shape index (κ1) is 11.4. The first-order valence-electron chi connectivity index (χ1n) is 5.88. The van der Waals surface area contributed by atoms with E-state index < -0.39 is 6.10 Å². The van der Waals surface area contributed by atoms with Crippen molar-refractivity contribution in [3.63, 3.8) is 0 Å². The van der Waals surface area contributed by atoms with E-state index >= 15 is 0 Å². The molecule has 0 aliphatic heterocycles. The number of hydrogen-bond acceptors (Lipinski definition) is 3. The molecule has 0 aromatic heterocycles. The monoisotopic (exact) mass is 221 g/mol. The van der Waals surface area contributed by atoms with Crippen molar-refractivity contribution in [1.82, 2.24) is 0 Å². The molecule has 0 amide bonds. The average molecular weight is 221 g/mol. The SMILES string of the molecule is C[C@@H](O)c1ccc(N(CCO)C2CC2)cc1. The van der Waals surface area contributed by atoms with Crippen molar-refractivity contribution in [2.45, 2.75) is 31.9 Å². The highest BCUT2D eigenvalue weighted by atomic mass is 16.3. The maximum absolute atomic E-state index is 9.42. The average Bonchev–Trinajstić information content (AvgIpc) is 3.10. The van der Waals surface area contributed by atoms with Crippen LogP contribution in [0.5, 0.6) is 0 Å². The fourth-order valence-electron chi connectivity index (χ4n) is 1.96. The van der Waals surface area contributed by atoms with Gasteiger partial charge >= 0.3 is 0 Å². The maximum Gasteiger partial charge on any atom is 0.0761 e. The van der Waals surface area contributed by atoms with Gasteiger partial charge in [0, 0.05) is 18.3 Å². The summed E-state index contributed by atoms with van der Waals surface area (Å²) in [6.07, 6.45) is 2.03. The zero-order valence-corrected chi connectivity index (χ0v) is 9.63. The van der Waals surface area contributed by atoms with Gasteiger partial charge in [-0.05, 0) is 37.5 Å². The van der Waals surface area contributed by atoms with Crippen LogP contribution in [0.2, 0.25) is 0 Å². The predicted molar refractivity (Wildman–Crippen MR) is 64.5 cm³/mol. The van der Waals surface area contributed by atoms with Gasteiger partial charge in [0.05, 0.1) is 12.7 Å². The highest BCUT2D eigenvalue weighted by Gasteiger charge is 2.28. The Bertz CT molecular complexity index is 330. The van der Waals surface area contributed by atoms with E-state index in [-0.39, 0.29) is 6.61 Å². The van der Waals surface area contributed by atoms with Gasteiger partial charge in [-0.1, -0.05) is 12.1 Å². The molecule has 1 aliphatic rings. The Kier molecular flexibility index (Phi) is 3.46. The van der Waals surface area contributed by atoms with Gasteiger partial charge in [0.15, 0.2) is 0 Å². The molecule has 0 bridgehead atoms. The third-order valence-electron chi connectivity index (χ3n) is 3.04. The molecule has 1 saturated carbocycles. The molecule has 2 N–H and O–H groups in total. The Hall–Kier alpha value is -1.06. The number of aliphatic hydroxyl groups excluding tert-OH is 2. The number of benzene rings is 1. The van der Waals surface area contributed by atoms with Crippen molar-refractivity contribution in [1.29, 1.82) is 0 Å². The van der Waals surface area contributed by atoms with Gasteiger partial charge in [-0.15, -0.1) is 0 Å². The number of rotatable bonds is 5. The van der Waals surface area contributed by atoms with E-state index in [2.05, 4.69) is 4.90 Å². The van der Waals surface area contributed by atoms with Crippen molar-refractivity contribution in [2.24, 2.45) is 0 Å². The fraction of sp³-hybridized carbons (Fsp3) is 0.538. The molecule has 2 rings (SSSR count). The van der Waals surface area contributed by atoms with Crippen LogP contribution in [-0.2, 0) is 0 Å². The van der Waals surface area contributed by atoms with Crippen LogP contribution in [0.1, 0.15) is 31.4 Å². The van der Waals surface area contributed by atoms with E-state index in [1.807, 2.05) is 24.3 Å². The molecule has 1 aromatic rings. The van der Waals surface area contributed by atoms with Crippen LogP contribution in [0.3, 0.4) is 0 Å². The number of anilines is 1. The number of aliphatic hydroxyl groups is 2. The van der Waals surface area contributed by atoms with E-state index in [0.717, 1.165) is 11.3 Å². The van der Waals surface area contributed by atoms with E-state index in [1.165, 1.54) is 12.8 Å². The van der Waals surface area contributed by atoms with Crippen molar-refractivity contribution in [3.05, 3.63) is 29.8 Å². The summed E-state index contributed by atoms with van der Waals surface area (Å²) < 4.78 is 0. The summed E-state index contributed by atoms with van der Waals surface area (Å²) in [6.45, 7) is 2.65. The highest BCUT2D eigenvalue weighted by molar-refractivity contribution is 5.50. The summed E-state index contributed by atoms with van der Waals surface area (Å²) in [5, 5.41) is 18.5. The molecule has 1 aromatic carbocycles. The highest BCUT2D eigenvalue weighted by Crippen LogP contribution is 2.31. The lowest BCUT2D eigenvalue weighted by Crippen LogP contribution is -2.28. The van der Waals surface area contributed by atoms with Crippen molar-refractivity contribution < 1.29 is 10.2 Å². The minimum absolute atomic E-state index is 0.189. The van der Waals surface area contributed by atoms with Gasteiger partial charge in [0.1, 0.15) is 0 Å². The normalized spacial score (nSPS) is 17.2. The Morgan fingerprint density at radius 1 is 1.31 bits per heavy atom. The zero-order valence-electron chi connectivity index (χ0n) is 9.63. The van der Waals surface area contributed by atoms with Gasteiger partial charge < -0.3 is 15.1 Å². The molecule has 16 heavy (non-hydrogen) atoms. The van der Waals surface area contributed by atoms with Crippen LogP contribution < -0.4 is 4.90 Å². The zero-order chi connectivity index (χ0) is 11.5. The van der Waals surface area contributed by atoms with Gasteiger partial charge in [0.25, 0.3) is 0 Å². The maximum atomic E-state index is 9.42. The van der Waals surface area contributed by atoms with Gasteiger partial charge in [-0.25, -0.2) is 0 Å². The summed E-state index contributed by atoms with van der Waals surface area (Å²) in [6, 6.07) is 8.55. The summed E-state index contributed by atoms with van der Waals surface area (Å²) in [7, 11) is 0. The summed E-state index contributed by atoms with van der Waals surface area (Å²) in [5.41, 5.74) is 2.07. The van der Waals surface area contributed by atoms with Gasteiger partial charge in [-0.3, -0.25) is 0 Å². The molecule has 3 nitrogen and oxygen atoms in total. The molecule has 0 spiro atoms. The molecule has 88 valence electrons. The fourth-order valence-corrected chi connectivity index (χ4v) is 1.96. The second-order valence-electron chi connectivity index (χ2n) is 4.42. The predicted octanol–water partition coefficient (Wildman–Crippen LogP) is 1.70. The van der Waals surface area contributed by atoms with Gasteiger partial charge in [0.2, 0.25) is 0 Å². The number of hydrogen-bond donors (Lipinski definition) is 2. The Morgan fingerprint density at radius 3 is 2.38 bits per heavy atom. The van der Waals surface area contributed by atoms with Crippen LogP contribution in [-0.4, -0.2) is 29.4 Å². The second kappa shape index (κ2) is 4.85. The first-order chi connectivity index (χ1) is 7.72. The van der Waals surface area contributed by atoms with Gasteiger partial charge in [-0.2, -0.15) is 0 Å². The van der Waals surface area contributed by atoms with Crippen LogP contribution in [0.15, 0.2) is 24.3 Å². The van der Waals surface area contributed by atoms with Crippen LogP contribution in [0, 0.1) is 0 Å². The van der Waals surface area contributed by atoms with E-state index in [0.29, 0.717) is 12.6 Å². The third kappa shape index (κ3) is 2.54. The minimum Gasteiger partial charge on any atom is -0.395 e. The number of nitrogens with zero attached hydrogens (tertiary/aromatic N) is 1. The molecule has 0 radical (unpaired) electrons. The van der Waals surface area contributed by atoms with Crippen LogP contribution in [0.4, 0.5) is 5.69 Å². The second-order valence-corrected chi connectivity index (χ2v) is 4.42. The lowest BCUT2D eigenvalue weighted by molar-refractivity contribution is 0.199. The lowest BCUT2D eigenvalue weighted by Gasteiger charge is -2.24. The Morgan fingerprint density at radius 2 is 1.94 bits per heavy atom. The van der Waals surface area contributed by atoms with E-state index in [1.54, 1.807) is 6.92 Å². The Labute approximate surface area is 96.3 Å². The van der Waals surface area contributed by atoms with Crippen molar-refractivity contribution in [3.8, 4) is 0 Å². The molecular formula is C13H19NO2. The quantitative estimate of drug-likeness (QED) is 0.795. The molecule has 0 heterocycles. The molecule has 0 unspecified atom stereocenters. The van der Waals surface area contributed by atoms with Crippen molar-refractivity contribution >= 4 is 5.69 Å². The summed E-state index contributed by atoms with van der Waals surface area (Å²) >= 11 is 0. The molecule has 3 heteroatoms. The third-order valence-corrected chi connectivity index (χ3v) is 3.04.